The molecule has 0 bridgehead atoms. The minimum atomic E-state index is -4.58. The number of hydrogen-bond donors (Lipinski definition) is 4. The third-order valence-electron chi connectivity index (χ3n) is 7.89. The molecule has 1 aliphatic rings. The lowest BCUT2D eigenvalue weighted by molar-refractivity contribution is -0.124. The number of morpholine rings is 1. The molecule has 4 N–H and O–H groups in total. The molecule has 0 radical (unpaired) electrons. The van der Waals surface area contributed by atoms with Gasteiger partial charge in [0.2, 0.25) is 5.91 Å². The van der Waals surface area contributed by atoms with Crippen molar-refractivity contribution in [2.75, 3.05) is 38.2 Å². The van der Waals surface area contributed by atoms with Crippen molar-refractivity contribution in [2.45, 2.75) is 57.0 Å². The summed E-state index contributed by atoms with van der Waals surface area (Å²) < 4.78 is 95.8. The van der Waals surface area contributed by atoms with Gasteiger partial charge in [0.05, 0.1) is 43.4 Å². The van der Waals surface area contributed by atoms with E-state index in [1.54, 1.807) is 5.32 Å². The Hall–Kier alpha value is -4.90. The minimum absolute atomic E-state index is 0.00391. The Kier molecular flexibility index (Phi) is 14.2. The molecule has 1 fully saturated rings. The summed E-state index contributed by atoms with van der Waals surface area (Å²) in [5.41, 5.74) is 0.897. The van der Waals surface area contributed by atoms with Crippen LogP contribution in [0.4, 0.5) is 41.6 Å². The van der Waals surface area contributed by atoms with E-state index in [9.17, 15) is 36.3 Å². The van der Waals surface area contributed by atoms with Gasteiger partial charge in [0.15, 0.2) is 0 Å². The summed E-state index contributed by atoms with van der Waals surface area (Å²) in [7, 11) is 0. The van der Waals surface area contributed by atoms with Crippen molar-refractivity contribution in [2.24, 2.45) is 5.92 Å². The van der Waals surface area contributed by atoms with E-state index in [0.29, 0.717) is 11.1 Å². The topological polar surface area (TPSA) is 140 Å². The van der Waals surface area contributed by atoms with E-state index >= 15 is 4.39 Å². The first-order chi connectivity index (χ1) is 24.7. The molecule has 52 heavy (non-hydrogen) atoms. The SMILES string of the molecule is CC(C)COC(=O)NC(C(=O)Nc1cncc(F)c1CC[C@@H]1CN[C@H](COC(=O)NCC(F)(F)F)CO1)C(c1ccc(F)cc1)c1ccc(F)cc1. The van der Waals surface area contributed by atoms with Crippen molar-refractivity contribution >= 4 is 23.8 Å². The highest BCUT2D eigenvalue weighted by atomic mass is 19.4. The van der Waals surface area contributed by atoms with E-state index in [0.717, 1.165) is 6.20 Å². The molecule has 0 aliphatic carbocycles. The van der Waals surface area contributed by atoms with Crippen molar-refractivity contribution in [1.29, 1.82) is 0 Å². The summed E-state index contributed by atoms with van der Waals surface area (Å²) >= 11 is 0. The van der Waals surface area contributed by atoms with E-state index in [-0.39, 0.29) is 56.4 Å². The van der Waals surface area contributed by atoms with Crippen LogP contribution < -0.4 is 21.3 Å². The van der Waals surface area contributed by atoms with Gasteiger partial charge in [-0.2, -0.15) is 13.2 Å². The maximum atomic E-state index is 15.2. The van der Waals surface area contributed by atoms with Crippen LogP contribution in [0.15, 0.2) is 60.9 Å². The number of carbonyl (C=O) groups excluding carboxylic acids is 3. The summed E-state index contributed by atoms with van der Waals surface area (Å²) in [6.45, 7) is 2.21. The fourth-order valence-corrected chi connectivity index (χ4v) is 5.33. The van der Waals surface area contributed by atoms with Crippen molar-refractivity contribution < 1.29 is 54.9 Å². The van der Waals surface area contributed by atoms with E-state index in [1.807, 2.05) is 13.8 Å². The van der Waals surface area contributed by atoms with Crippen molar-refractivity contribution in [3.63, 3.8) is 0 Å². The van der Waals surface area contributed by atoms with Crippen molar-refractivity contribution in [1.82, 2.24) is 20.9 Å². The Bertz CT molecular complexity index is 1590. The quantitative estimate of drug-likeness (QED) is 0.157. The average Bonchev–Trinajstić information content (AvgIpc) is 3.10. The van der Waals surface area contributed by atoms with Gasteiger partial charge in [0.25, 0.3) is 0 Å². The highest BCUT2D eigenvalue weighted by molar-refractivity contribution is 5.98. The van der Waals surface area contributed by atoms with Crippen LogP contribution in [0.2, 0.25) is 0 Å². The van der Waals surface area contributed by atoms with Crippen molar-refractivity contribution in [3.05, 3.63) is 95.1 Å². The van der Waals surface area contributed by atoms with Crippen LogP contribution in [0.1, 0.15) is 42.9 Å². The number of carbonyl (C=O) groups is 3. The second kappa shape index (κ2) is 18.5. The predicted octanol–water partition coefficient (Wildman–Crippen LogP) is 5.60. The zero-order valence-electron chi connectivity index (χ0n) is 28.3. The molecular weight excluding hydrogens is 700 g/mol. The third kappa shape index (κ3) is 12.4. The van der Waals surface area contributed by atoms with Gasteiger partial charge in [-0.05, 0) is 54.2 Å². The molecule has 3 amide bonds. The molecule has 1 aromatic heterocycles. The van der Waals surface area contributed by atoms with Crippen LogP contribution in [0.5, 0.6) is 0 Å². The Morgan fingerprint density at radius 2 is 1.58 bits per heavy atom. The van der Waals surface area contributed by atoms with Crippen LogP contribution in [0.3, 0.4) is 0 Å². The zero-order chi connectivity index (χ0) is 37.8. The number of ether oxygens (including phenoxy) is 3. The number of nitrogens with one attached hydrogen (secondary N) is 4. The summed E-state index contributed by atoms with van der Waals surface area (Å²) in [4.78, 5) is 42.5. The third-order valence-corrected chi connectivity index (χ3v) is 7.89. The molecule has 17 heteroatoms. The molecule has 11 nitrogen and oxygen atoms in total. The maximum Gasteiger partial charge on any atom is 0.407 e. The van der Waals surface area contributed by atoms with Gasteiger partial charge in [-0.1, -0.05) is 38.1 Å². The first-order valence-electron chi connectivity index (χ1n) is 16.4. The van der Waals surface area contributed by atoms with Crippen molar-refractivity contribution in [3.8, 4) is 0 Å². The number of benzene rings is 2. The highest BCUT2D eigenvalue weighted by Crippen LogP contribution is 2.31. The molecular formula is C35H39F6N5O6. The number of rotatable bonds is 14. The Labute approximate surface area is 295 Å². The molecule has 1 aliphatic heterocycles. The largest absolute Gasteiger partial charge is 0.449 e. The molecule has 1 saturated heterocycles. The van der Waals surface area contributed by atoms with E-state index in [4.69, 9.17) is 14.2 Å². The monoisotopic (exact) mass is 739 g/mol. The highest BCUT2D eigenvalue weighted by Gasteiger charge is 2.34. The molecule has 4 rings (SSSR count). The lowest BCUT2D eigenvalue weighted by Crippen LogP contribution is -2.49. The van der Waals surface area contributed by atoms with E-state index in [1.165, 1.54) is 54.7 Å². The molecule has 0 saturated carbocycles. The first kappa shape index (κ1) is 39.9. The van der Waals surface area contributed by atoms with E-state index in [2.05, 4.69) is 20.9 Å². The van der Waals surface area contributed by atoms with Crippen LogP contribution in [0, 0.1) is 23.4 Å². The van der Waals surface area contributed by atoms with Crippen LogP contribution in [0.25, 0.3) is 0 Å². The minimum Gasteiger partial charge on any atom is -0.449 e. The van der Waals surface area contributed by atoms with Gasteiger partial charge in [0, 0.05) is 18.0 Å². The van der Waals surface area contributed by atoms with E-state index < -0.39 is 72.4 Å². The van der Waals surface area contributed by atoms with Crippen LogP contribution >= 0.6 is 0 Å². The predicted molar refractivity (Wildman–Crippen MR) is 176 cm³/mol. The number of alkyl carbamates (subject to hydrolysis) is 2. The number of aromatic nitrogens is 1. The average molecular weight is 740 g/mol. The number of amides is 3. The second-order valence-electron chi connectivity index (χ2n) is 12.5. The molecule has 3 aromatic rings. The van der Waals surface area contributed by atoms with Gasteiger partial charge in [0.1, 0.15) is 36.6 Å². The lowest BCUT2D eigenvalue weighted by Gasteiger charge is -2.30. The molecule has 3 atom stereocenters. The number of anilines is 1. The molecule has 0 spiro atoms. The first-order valence-corrected chi connectivity index (χ1v) is 16.4. The van der Waals surface area contributed by atoms with Gasteiger partial charge in [-0.15, -0.1) is 0 Å². The zero-order valence-corrected chi connectivity index (χ0v) is 28.3. The number of nitrogens with zero attached hydrogens (tertiary/aromatic N) is 1. The molecule has 2 heterocycles. The van der Waals surface area contributed by atoms with Gasteiger partial charge in [-0.25, -0.2) is 22.8 Å². The molecule has 282 valence electrons. The van der Waals surface area contributed by atoms with Crippen LogP contribution in [-0.2, 0) is 25.4 Å². The van der Waals surface area contributed by atoms with Crippen LogP contribution in [-0.4, -0.2) is 80.4 Å². The molecule has 2 aromatic carbocycles. The summed E-state index contributed by atoms with van der Waals surface area (Å²) in [5, 5.41) is 9.92. The lowest BCUT2D eigenvalue weighted by atomic mass is 9.84. The Morgan fingerprint density at radius 1 is 0.942 bits per heavy atom. The summed E-state index contributed by atoms with van der Waals surface area (Å²) in [6.07, 6.45) is -4.64. The van der Waals surface area contributed by atoms with Gasteiger partial charge in [-0.3, -0.25) is 9.78 Å². The normalized spacial score (nSPS) is 16.7. The smallest absolute Gasteiger partial charge is 0.407 e. The summed E-state index contributed by atoms with van der Waals surface area (Å²) in [6, 6.07) is 8.51. The van der Waals surface area contributed by atoms with Gasteiger partial charge >= 0.3 is 18.4 Å². The fraction of sp³-hybridized carbons (Fsp3) is 0.429. The maximum absolute atomic E-state index is 15.2. The van der Waals surface area contributed by atoms with Gasteiger partial charge < -0.3 is 35.5 Å². The number of hydrogen-bond acceptors (Lipinski definition) is 8. The molecule has 1 unspecified atom stereocenters. The Balaban J connectivity index is 1.48. The fourth-order valence-electron chi connectivity index (χ4n) is 5.33. The number of alkyl halides is 3. The standard InChI is InChI=1S/C35H39F6N5O6/c1-20(2)16-51-34(49)46-31(30(21-3-7-23(36)8-4-21)22-5-9-24(37)10-6-22)32(47)45-29-15-42-14-28(38)27(29)12-11-26-13-43-25(17-50-26)18-52-33(48)44-19-35(39,40)41/h3-10,14-15,20,25-26,30-31,43H,11-13,16-19H2,1-2H3,(H,44,48)(H,45,47)(H,46,49)/t25-,26+,31?/m0/s1. The number of halogens is 6. The number of pyridine rings is 1. The summed E-state index contributed by atoms with van der Waals surface area (Å²) in [5.74, 6) is -3.62. The second-order valence-corrected chi connectivity index (χ2v) is 12.5. The Morgan fingerprint density at radius 3 is 2.13 bits per heavy atom.